The third-order valence-electron chi connectivity index (χ3n) is 4.29. The van der Waals surface area contributed by atoms with Gasteiger partial charge in [-0.05, 0) is 30.9 Å². The van der Waals surface area contributed by atoms with Gasteiger partial charge < -0.3 is 9.30 Å². The van der Waals surface area contributed by atoms with Crippen molar-refractivity contribution in [3.05, 3.63) is 64.5 Å². The fourth-order valence-corrected chi connectivity index (χ4v) is 3.30. The van der Waals surface area contributed by atoms with Gasteiger partial charge in [-0.25, -0.2) is 14.5 Å². The van der Waals surface area contributed by atoms with Crippen LogP contribution in [0, 0.1) is 0 Å². The standard InChI is InChI=1S/C19H18N6O3S/c1-3-28-18(27)13-8-21-25(10-13)19-22-16-15(17(26)23-19)24(11-20-16)9-12-4-6-14(29-2)7-5-12/h4-8,10-11H,3,9H2,1-2H3,(H,22,23,26). The number of rotatable bonds is 6. The number of hydrogen-bond acceptors (Lipinski definition) is 7. The first kappa shape index (κ1) is 18.9. The molecule has 3 heterocycles. The maximum Gasteiger partial charge on any atom is 0.341 e. The lowest BCUT2D eigenvalue weighted by Gasteiger charge is -2.05. The van der Waals surface area contributed by atoms with Crippen LogP contribution in [0.3, 0.4) is 0 Å². The molecule has 10 heteroatoms. The first-order valence-corrected chi connectivity index (χ1v) is 10.1. The maximum absolute atomic E-state index is 12.7. The Morgan fingerprint density at radius 3 is 2.79 bits per heavy atom. The molecule has 0 amide bonds. The largest absolute Gasteiger partial charge is 0.462 e. The molecular weight excluding hydrogens is 392 g/mol. The monoisotopic (exact) mass is 410 g/mol. The third kappa shape index (κ3) is 3.79. The normalized spacial score (nSPS) is 11.1. The molecule has 29 heavy (non-hydrogen) atoms. The molecule has 0 radical (unpaired) electrons. The summed E-state index contributed by atoms with van der Waals surface area (Å²) in [5, 5.41) is 4.08. The van der Waals surface area contributed by atoms with Crippen LogP contribution in [-0.2, 0) is 11.3 Å². The topological polar surface area (TPSA) is 108 Å². The lowest BCUT2D eigenvalue weighted by molar-refractivity contribution is 0.0526. The van der Waals surface area contributed by atoms with Gasteiger partial charge in [0.05, 0.1) is 24.7 Å². The van der Waals surface area contributed by atoms with Crippen molar-refractivity contribution in [1.29, 1.82) is 0 Å². The number of H-pyrrole nitrogens is 1. The predicted octanol–water partition coefficient (Wildman–Crippen LogP) is 2.25. The Balaban J connectivity index is 1.65. The number of nitrogens with one attached hydrogen (secondary N) is 1. The molecule has 4 aromatic rings. The molecule has 0 fully saturated rings. The van der Waals surface area contributed by atoms with Gasteiger partial charge in [0.1, 0.15) is 0 Å². The molecule has 1 aromatic carbocycles. The van der Waals surface area contributed by atoms with Crippen LogP contribution in [0.25, 0.3) is 17.1 Å². The third-order valence-corrected chi connectivity index (χ3v) is 5.04. The Bertz CT molecular complexity index is 1220. The zero-order valence-electron chi connectivity index (χ0n) is 15.8. The van der Waals surface area contributed by atoms with Crippen molar-refractivity contribution in [1.82, 2.24) is 29.3 Å². The molecule has 0 aliphatic heterocycles. The van der Waals surface area contributed by atoms with Crippen molar-refractivity contribution in [3.63, 3.8) is 0 Å². The summed E-state index contributed by atoms with van der Waals surface area (Å²) in [6.45, 7) is 2.50. The highest BCUT2D eigenvalue weighted by Gasteiger charge is 2.15. The van der Waals surface area contributed by atoms with Crippen LogP contribution in [0.5, 0.6) is 0 Å². The smallest absolute Gasteiger partial charge is 0.341 e. The Morgan fingerprint density at radius 1 is 1.28 bits per heavy atom. The van der Waals surface area contributed by atoms with Crippen molar-refractivity contribution in [2.75, 3.05) is 12.9 Å². The van der Waals surface area contributed by atoms with Crippen LogP contribution in [0.2, 0.25) is 0 Å². The quantitative estimate of drug-likeness (QED) is 0.384. The molecular formula is C19H18N6O3S. The van der Waals surface area contributed by atoms with E-state index in [-0.39, 0.29) is 23.7 Å². The van der Waals surface area contributed by atoms with Gasteiger partial charge in [0.25, 0.3) is 5.56 Å². The van der Waals surface area contributed by atoms with Gasteiger partial charge in [0, 0.05) is 17.6 Å². The highest BCUT2D eigenvalue weighted by molar-refractivity contribution is 7.98. The first-order chi connectivity index (χ1) is 14.1. The number of fused-ring (bicyclic) bond motifs is 1. The van der Waals surface area contributed by atoms with E-state index >= 15 is 0 Å². The molecule has 0 aliphatic rings. The van der Waals surface area contributed by atoms with Crippen LogP contribution < -0.4 is 5.56 Å². The van der Waals surface area contributed by atoms with Crippen LogP contribution in [0.1, 0.15) is 22.8 Å². The number of esters is 1. The Labute approximate surface area is 169 Å². The number of carbonyl (C=O) groups excluding carboxylic acids is 1. The zero-order chi connectivity index (χ0) is 20.4. The molecule has 1 N–H and O–H groups in total. The molecule has 0 bridgehead atoms. The lowest BCUT2D eigenvalue weighted by Crippen LogP contribution is -2.16. The lowest BCUT2D eigenvalue weighted by atomic mass is 10.2. The van der Waals surface area contributed by atoms with Crippen molar-refractivity contribution in [2.24, 2.45) is 0 Å². The molecule has 0 unspecified atom stereocenters. The van der Waals surface area contributed by atoms with E-state index in [4.69, 9.17) is 4.74 Å². The summed E-state index contributed by atoms with van der Waals surface area (Å²) < 4.78 is 8.01. The van der Waals surface area contributed by atoms with Gasteiger partial charge in [0.15, 0.2) is 11.2 Å². The SMILES string of the molecule is CCOC(=O)c1cnn(-c2nc3ncn(Cc4ccc(SC)cc4)c3c(=O)[nH]2)c1. The summed E-state index contributed by atoms with van der Waals surface area (Å²) in [4.78, 5) is 37.0. The minimum absolute atomic E-state index is 0.174. The number of benzene rings is 1. The van der Waals surface area contributed by atoms with E-state index in [0.29, 0.717) is 17.7 Å². The summed E-state index contributed by atoms with van der Waals surface area (Å²) in [5.41, 5.74) is 1.67. The van der Waals surface area contributed by atoms with E-state index in [9.17, 15) is 9.59 Å². The van der Waals surface area contributed by atoms with Crippen LogP contribution >= 0.6 is 11.8 Å². The Morgan fingerprint density at radius 2 is 2.07 bits per heavy atom. The number of ether oxygens (including phenoxy) is 1. The minimum atomic E-state index is -0.487. The molecule has 0 aliphatic carbocycles. The second kappa shape index (κ2) is 7.92. The molecule has 0 atom stereocenters. The van der Waals surface area contributed by atoms with Gasteiger partial charge >= 0.3 is 5.97 Å². The summed E-state index contributed by atoms with van der Waals surface area (Å²) in [5.74, 6) is -0.313. The summed E-state index contributed by atoms with van der Waals surface area (Å²) in [6, 6.07) is 8.12. The zero-order valence-corrected chi connectivity index (χ0v) is 16.6. The van der Waals surface area contributed by atoms with Gasteiger partial charge in [0.2, 0.25) is 5.95 Å². The Kier molecular flexibility index (Phi) is 5.17. The van der Waals surface area contributed by atoms with Crippen LogP contribution in [0.15, 0.2) is 52.7 Å². The fourth-order valence-electron chi connectivity index (χ4n) is 2.89. The number of carbonyl (C=O) groups is 1. The number of nitrogens with zero attached hydrogens (tertiary/aromatic N) is 5. The van der Waals surface area contributed by atoms with E-state index in [1.165, 1.54) is 22.0 Å². The Hall–Kier alpha value is -3.40. The average molecular weight is 410 g/mol. The van der Waals surface area contributed by atoms with Gasteiger partial charge in [-0.15, -0.1) is 11.8 Å². The second-order valence-corrected chi connectivity index (χ2v) is 7.06. The van der Waals surface area contributed by atoms with Gasteiger partial charge in [-0.1, -0.05) is 12.1 Å². The van der Waals surface area contributed by atoms with E-state index in [1.807, 2.05) is 30.5 Å². The molecule has 0 spiro atoms. The molecule has 4 rings (SSSR count). The molecule has 0 saturated heterocycles. The molecule has 0 saturated carbocycles. The number of aromatic nitrogens is 6. The highest BCUT2D eigenvalue weighted by atomic mass is 32.2. The average Bonchev–Trinajstić information content (AvgIpc) is 3.37. The van der Waals surface area contributed by atoms with Crippen molar-refractivity contribution in [3.8, 4) is 5.95 Å². The predicted molar refractivity (Wildman–Crippen MR) is 109 cm³/mol. The van der Waals surface area contributed by atoms with Crippen molar-refractivity contribution in [2.45, 2.75) is 18.4 Å². The highest BCUT2D eigenvalue weighted by Crippen LogP contribution is 2.16. The second-order valence-electron chi connectivity index (χ2n) is 6.18. The summed E-state index contributed by atoms with van der Waals surface area (Å²) >= 11 is 1.67. The fraction of sp³-hybridized carbons (Fsp3) is 0.211. The summed E-state index contributed by atoms with van der Waals surface area (Å²) in [6.07, 6.45) is 6.42. The van der Waals surface area contributed by atoms with E-state index in [1.54, 1.807) is 29.6 Å². The summed E-state index contributed by atoms with van der Waals surface area (Å²) in [7, 11) is 0. The van der Waals surface area contributed by atoms with Gasteiger partial charge in [-0.2, -0.15) is 10.1 Å². The van der Waals surface area contributed by atoms with E-state index < -0.39 is 5.97 Å². The van der Waals surface area contributed by atoms with Crippen LogP contribution in [0.4, 0.5) is 0 Å². The maximum atomic E-state index is 12.7. The first-order valence-electron chi connectivity index (χ1n) is 8.89. The number of hydrogen-bond donors (Lipinski definition) is 1. The van der Waals surface area contributed by atoms with Gasteiger partial charge in [-0.3, -0.25) is 9.78 Å². The van der Waals surface area contributed by atoms with E-state index in [2.05, 4.69) is 20.1 Å². The number of aromatic amines is 1. The van der Waals surface area contributed by atoms with Crippen molar-refractivity contribution < 1.29 is 9.53 Å². The van der Waals surface area contributed by atoms with Crippen LogP contribution in [-0.4, -0.2) is 48.1 Å². The number of imidazole rings is 1. The van der Waals surface area contributed by atoms with Crippen molar-refractivity contribution >= 4 is 28.9 Å². The minimum Gasteiger partial charge on any atom is -0.462 e. The molecule has 3 aromatic heterocycles. The molecule has 148 valence electrons. The number of thioether (sulfide) groups is 1. The van der Waals surface area contributed by atoms with E-state index in [0.717, 1.165) is 5.56 Å². The molecule has 9 nitrogen and oxygen atoms in total.